The fourth-order valence-corrected chi connectivity index (χ4v) is 2.40. The van der Waals surface area contributed by atoms with Crippen molar-refractivity contribution < 1.29 is 9.90 Å². The monoisotopic (exact) mass is 183 g/mol. The standard InChI is InChI=1S/C8H9NO2S/c1-5-4-9-12-6(5)8(2-3-8)7(10)11/h4H,2-3H2,1H3,(H,10,11). The maximum absolute atomic E-state index is 10.9. The molecule has 0 aliphatic heterocycles. The summed E-state index contributed by atoms with van der Waals surface area (Å²) in [4.78, 5) is 11.9. The number of aryl methyl sites for hydroxylation is 1. The van der Waals surface area contributed by atoms with Crippen molar-refractivity contribution in [2.45, 2.75) is 25.2 Å². The van der Waals surface area contributed by atoms with Crippen molar-refractivity contribution in [2.24, 2.45) is 0 Å². The van der Waals surface area contributed by atoms with Crippen LogP contribution in [0.1, 0.15) is 23.3 Å². The molecule has 1 heterocycles. The molecule has 3 nitrogen and oxygen atoms in total. The first-order valence-corrected chi connectivity index (χ1v) is 4.59. The summed E-state index contributed by atoms with van der Waals surface area (Å²) in [6.07, 6.45) is 3.28. The van der Waals surface area contributed by atoms with Crippen LogP contribution in [-0.4, -0.2) is 15.4 Å². The van der Waals surface area contributed by atoms with Crippen molar-refractivity contribution in [3.8, 4) is 0 Å². The number of carboxylic acids is 1. The van der Waals surface area contributed by atoms with Gasteiger partial charge < -0.3 is 5.11 Å². The molecule has 0 atom stereocenters. The zero-order chi connectivity index (χ0) is 8.77. The fraction of sp³-hybridized carbons (Fsp3) is 0.500. The molecular formula is C8H9NO2S. The van der Waals surface area contributed by atoms with Crippen LogP contribution < -0.4 is 0 Å². The molecule has 0 spiro atoms. The number of hydrogen-bond donors (Lipinski definition) is 1. The zero-order valence-electron chi connectivity index (χ0n) is 6.70. The van der Waals surface area contributed by atoms with Gasteiger partial charge in [-0.2, -0.15) is 0 Å². The fourth-order valence-electron chi connectivity index (χ4n) is 1.42. The molecule has 0 radical (unpaired) electrons. The minimum Gasteiger partial charge on any atom is -0.481 e. The van der Waals surface area contributed by atoms with Gasteiger partial charge in [0.2, 0.25) is 0 Å². The minimum atomic E-state index is -0.699. The second kappa shape index (κ2) is 2.29. The van der Waals surface area contributed by atoms with E-state index in [9.17, 15) is 4.79 Å². The van der Waals surface area contributed by atoms with Crippen LogP contribution in [0, 0.1) is 6.92 Å². The summed E-state index contributed by atoms with van der Waals surface area (Å²) >= 11 is 1.32. The normalized spacial score (nSPS) is 19.1. The lowest BCUT2D eigenvalue weighted by molar-refractivity contribution is -0.139. The Morgan fingerprint density at radius 2 is 2.42 bits per heavy atom. The molecule has 1 N–H and O–H groups in total. The molecule has 4 heteroatoms. The Labute approximate surface area is 74.2 Å². The van der Waals surface area contributed by atoms with E-state index in [4.69, 9.17) is 5.11 Å². The van der Waals surface area contributed by atoms with Gasteiger partial charge >= 0.3 is 5.97 Å². The predicted octanol–water partition coefficient (Wildman–Crippen LogP) is 1.57. The molecule has 0 bridgehead atoms. The number of carboxylic acid groups (broad SMARTS) is 1. The molecule has 0 unspecified atom stereocenters. The summed E-state index contributed by atoms with van der Waals surface area (Å²) in [7, 11) is 0. The van der Waals surface area contributed by atoms with Crippen LogP contribution in [0.25, 0.3) is 0 Å². The van der Waals surface area contributed by atoms with E-state index in [0.29, 0.717) is 0 Å². The number of carbonyl (C=O) groups is 1. The molecule has 1 aromatic heterocycles. The van der Waals surface area contributed by atoms with E-state index in [2.05, 4.69) is 4.37 Å². The Morgan fingerprint density at radius 1 is 1.75 bits per heavy atom. The molecule has 2 rings (SSSR count). The maximum atomic E-state index is 10.9. The molecule has 0 amide bonds. The maximum Gasteiger partial charge on any atom is 0.315 e. The summed E-state index contributed by atoms with van der Waals surface area (Å²) in [6.45, 7) is 1.92. The number of rotatable bonds is 2. The zero-order valence-corrected chi connectivity index (χ0v) is 7.52. The summed E-state index contributed by atoms with van der Waals surface area (Å²) in [5.41, 5.74) is 0.450. The van der Waals surface area contributed by atoms with Crippen LogP contribution in [0.3, 0.4) is 0 Å². The summed E-state index contributed by atoms with van der Waals surface area (Å²) in [5, 5.41) is 8.98. The average Bonchev–Trinajstić information content (AvgIpc) is 2.71. The van der Waals surface area contributed by atoms with Gasteiger partial charge in [-0.25, -0.2) is 4.37 Å². The van der Waals surface area contributed by atoms with E-state index in [-0.39, 0.29) is 0 Å². The Bertz CT molecular complexity index is 328. The molecule has 1 fully saturated rings. The lowest BCUT2D eigenvalue weighted by atomic mass is 10.0. The quantitative estimate of drug-likeness (QED) is 0.757. The highest BCUT2D eigenvalue weighted by atomic mass is 32.1. The van der Waals surface area contributed by atoms with Crippen molar-refractivity contribution in [1.29, 1.82) is 0 Å². The van der Waals surface area contributed by atoms with Crippen LogP contribution >= 0.6 is 11.5 Å². The molecular weight excluding hydrogens is 174 g/mol. The minimum absolute atomic E-state index is 0.564. The third-order valence-corrected chi connectivity index (χ3v) is 3.45. The molecule has 12 heavy (non-hydrogen) atoms. The van der Waals surface area contributed by atoms with Crippen molar-refractivity contribution >= 4 is 17.5 Å². The summed E-state index contributed by atoms with van der Waals surface area (Å²) in [5.74, 6) is -0.699. The van der Waals surface area contributed by atoms with Gasteiger partial charge in [-0.3, -0.25) is 4.79 Å². The van der Waals surface area contributed by atoms with Gasteiger partial charge in [0.25, 0.3) is 0 Å². The second-order valence-corrected chi connectivity index (χ2v) is 4.03. The average molecular weight is 183 g/mol. The highest BCUT2D eigenvalue weighted by molar-refractivity contribution is 7.06. The molecule has 1 saturated carbocycles. The Hall–Kier alpha value is -0.900. The van der Waals surface area contributed by atoms with Crippen molar-refractivity contribution in [3.63, 3.8) is 0 Å². The Morgan fingerprint density at radius 3 is 2.75 bits per heavy atom. The van der Waals surface area contributed by atoms with Crippen LogP contribution in [-0.2, 0) is 10.2 Å². The van der Waals surface area contributed by atoms with Crippen molar-refractivity contribution in [3.05, 3.63) is 16.6 Å². The highest BCUT2D eigenvalue weighted by Gasteiger charge is 2.53. The molecule has 1 aliphatic rings. The van der Waals surface area contributed by atoms with E-state index >= 15 is 0 Å². The Kier molecular flexibility index (Phi) is 1.48. The SMILES string of the molecule is Cc1cnsc1C1(C(=O)O)CC1. The molecule has 0 aromatic carbocycles. The largest absolute Gasteiger partial charge is 0.481 e. The number of nitrogens with zero attached hydrogens (tertiary/aromatic N) is 1. The van der Waals surface area contributed by atoms with E-state index in [1.54, 1.807) is 6.20 Å². The topological polar surface area (TPSA) is 50.2 Å². The van der Waals surface area contributed by atoms with Crippen LogP contribution in [0.5, 0.6) is 0 Å². The van der Waals surface area contributed by atoms with E-state index in [1.807, 2.05) is 6.92 Å². The first-order chi connectivity index (χ1) is 5.67. The van der Waals surface area contributed by atoms with Crippen LogP contribution in [0.4, 0.5) is 0 Å². The highest BCUT2D eigenvalue weighted by Crippen LogP contribution is 2.50. The number of hydrogen-bond acceptors (Lipinski definition) is 3. The smallest absolute Gasteiger partial charge is 0.315 e. The summed E-state index contributed by atoms with van der Waals surface area (Å²) in [6, 6.07) is 0. The van der Waals surface area contributed by atoms with E-state index in [0.717, 1.165) is 23.3 Å². The van der Waals surface area contributed by atoms with Crippen LogP contribution in [0.2, 0.25) is 0 Å². The third-order valence-electron chi connectivity index (χ3n) is 2.34. The molecule has 1 aliphatic carbocycles. The van der Waals surface area contributed by atoms with Gasteiger partial charge in [0.15, 0.2) is 0 Å². The van der Waals surface area contributed by atoms with Gasteiger partial charge in [-0.05, 0) is 36.9 Å². The van der Waals surface area contributed by atoms with E-state index < -0.39 is 11.4 Å². The molecule has 64 valence electrons. The predicted molar refractivity (Wildman–Crippen MR) is 45.4 cm³/mol. The van der Waals surface area contributed by atoms with Gasteiger partial charge in [0.05, 0.1) is 0 Å². The lowest BCUT2D eigenvalue weighted by Gasteiger charge is -2.06. The van der Waals surface area contributed by atoms with Gasteiger partial charge in [-0.15, -0.1) is 0 Å². The molecule has 0 saturated heterocycles. The number of aromatic nitrogens is 1. The third kappa shape index (κ3) is 0.876. The van der Waals surface area contributed by atoms with Gasteiger partial charge in [0, 0.05) is 11.1 Å². The van der Waals surface area contributed by atoms with Gasteiger partial charge in [-0.1, -0.05) is 0 Å². The van der Waals surface area contributed by atoms with Crippen molar-refractivity contribution in [1.82, 2.24) is 4.37 Å². The van der Waals surface area contributed by atoms with Gasteiger partial charge in [0.1, 0.15) is 5.41 Å². The first kappa shape index (κ1) is 7.73. The Balaban J connectivity index is 2.43. The number of aliphatic carboxylic acids is 1. The van der Waals surface area contributed by atoms with E-state index in [1.165, 1.54) is 11.5 Å². The lowest BCUT2D eigenvalue weighted by Crippen LogP contribution is -2.18. The van der Waals surface area contributed by atoms with Crippen molar-refractivity contribution in [2.75, 3.05) is 0 Å². The van der Waals surface area contributed by atoms with Crippen LogP contribution in [0.15, 0.2) is 6.20 Å². The summed E-state index contributed by atoms with van der Waals surface area (Å²) < 4.78 is 3.99. The first-order valence-electron chi connectivity index (χ1n) is 3.82. The molecule has 1 aromatic rings. The second-order valence-electron chi connectivity index (χ2n) is 3.23.